The smallest absolute Gasteiger partial charge is 0.254 e. The van der Waals surface area contributed by atoms with Gasteiger partial charge in [0.05, 0.1) is 19.8 Å². The number of tetrazole rings is 1. The van der Waals surface area contributed by atoms with Crippen LogP contribution in [0.25, 0.3) is 10.9 Å². The summed E-state index contributed by atoms with van der Waals surface area (Å²) in [4.78, 5) is 18.7. The topological polar surface area (TPSA) is 98.2 Å². The molecule has 174 valence electrons. The Balaban J connectivity index is 1.51. The predicted molar refractivity (Wildman–Crippen MR) is 127 cm³/mol. The number of hydrogen-bond donors (Lipinski definition) is 1. The Morgan fingerprint density at radius 1 is 1.24 bits per heavy atom. The largest absolute Gasteiger partial charge is 0.497 e. The number of anilines is 1. The molecule has 1 saturated heterocycles. The van der Waals surface area contributed by atoms with E-state index in [1.165, 1.54) is 5.56 Å². The van der Waals surface area contributed by atoms with Crippen LogP contribution in [-0.4, -0.2) is 51.6 Å². The molecule has 0 bridgehead atoms. The van der Waals surface area contributed by atoms with Gasteiger partial charge in [0, 0.05) is 35.3 Å². The maximum Gasteiger partial charge on any atom is 0.254 e. The standard InChI is InChI=1S/C25H26N6O3/c1-33-18-8-9-21-17(13-18)14-20(25(32)26-21)23(30-11-10-16-5-2-3-7-22(16)30)24-27-28-29-31(24)15-19-6-4-12-34-19/h2-3,5,7-9,13-14,19,23H,4,6,10-12,15H2,1H3,(H,26,32)/t19-,23+/m0/s1. The van der Waals surface area contributed by atoms with E-state index in [9.17, 15) is 4.79 Å². The molecule has 2 aromatic heterocycles. The molecular weight excluding hydrogens is 432 g/mol. The molecular formula is C25H26N6O3. The Morgan fingerprint density at radius 3 is 3.00 bits per heavy atom. The fourth-order valence-electron chi connectivity index (χ4n) is 5.13. The second-order valence-electron chi connectivity index (χ2n) is 8.84. The number of ether oxygens (including phenoxy) is 2. The molecule has 6 rings (SSSR count). The van der Waals surface area contributed by atoms with Crippen molar-refractivity contribution in [3.05, 3.63) is 75.8 Å². The van der Waals surface area contributed by atoms with Crippen LogP contribution < -0.4 is 15.2 Å². The molecule has 4 heterocycles. The molecule has 9 heteroatoms. The number of benzene rings is 2. The van der Waals surface area contributed by atoms with Crippen LogP contribution in [-0.2, 0) is 17.7 Å². The van der Waals surface area contributed by atoms with E-state index in [-0.39, 0.29) is 11.7 Å². The van der Waals surface area contributed by atoms with Crippen LogP contribution in [0.4, 0.5) is 5.69 Å². The fraction of sp³-hybridized carbons (Fsp3) is 0.360. The summed E-state index contributed by atoms with van der Waals surface area (Å²) in [6.07, 6.45) is 3.00. The lowest BCUT2D eigenvalue weighted by Crippen LogP contribution is -2.35. The van der Waals surface area contributed by atoms with E-state index < -0.39 is 6.04 Å². The third-order valence-electron chi connectivity index (χ3n) is 6.81. The molecule has 0 spiro atoms. The highest BCUT2D eigenvalue weighted by Gasteiger charge is 2.35. The van der Waals surface area contributed by atoms with Gasteiger partial charge in [-0.25, -0.2) is 4.68 Å². The highest BCUT2D eigenvalue weighted by atomic mass is 16.5. The first kappa shape index (κ1) is 20.9. The Bertz CT molecular complexity index is 1390. The molecule has 4 aromatic rings. The van der Waals surface area contributed by atoms with Gasteiger partial charge in [0.1, 0.15) is 11.8 Å². The van der Waals surface area contributed by atoms with Crippen LogP contribution in [0, 0.1) is 0 Å². The summed E-state index contributed by atoms with van der Waals surface area (Å²) in [5.41, 5.74) is 3.56. The first-order valence-electron chi connectivity index (χ1n) is 11.6. The van der Waals surface area contributed by atoms with E-state index in [1.807, 2.05) is 36.4 Å². The molecule has 0 radical (unpaired) electrons. The monoisotopic (exact) mass is 458 g/mol. The zero-order valence-electron chi connectivity index (χ0n) is 19.0. The summed E-state index contributed by atoms with van der Waals surface area (Å²) < 4.78 is 13.1. The summed E-state index contributed by atoms with van der Waals surface area (Å²) >= 11 is 0. The molecule has 0 saturated carbocycles. The minimum atomic E-state index is -0.445. The number of nitrogens with one attached hydrogen (secondary N) is 1. The average Bonchev–Trinajstić information content (AvgIpc) is 3.62. The number of methoxy groups -OCH3 is 1. The van der Waals surface area contributed by atoms with Crippen molar-refractivity contribution in [2.45, 2.75) is 38.0 Å². The zero-order valence-corrected chi connectivity index (χ0v) is 19.0. The molecule has 2 atom stereocenters. The average molecular weight is 459 g/mol. The number of pyridine rings is 1. The lowest BCUT2D eigenvalue weighted by molar-refractivity contribution is 0.0924. The fourth-order valence-corrected chi connectivity index (χ4v) is 5.13. The minimum Gasteiger partial charge on any atom is -0.497 e. The minimum absolute atomic E-state index is 0.0768. The van der Waals surface area contributed by atoms with Crippen LogP contribution in [0.3, 0.4) is 0 Å². The number of hydrogen-bond acceptors (Lipinski definition) is 7. The number of aromatic nitrogens is 5. The second kappa shape index (κ2) is 8.57. The van der Waals surface area contributed by atoms with Crippen LogP contribution in [0.15, 0.2) is 53.3 Å². The first-order chi connectivity index (χ1) is 16.7. The summed E-state index contributed by atoms with van der Waals surface area (Å²) in [5, 5.41) is 13.6. The van der Waals surface area contributed by atoms with Crippen molar-refractivity contribution < 1.29 is 9.47 Å². The van der Waals surface area contributed by atoms with Crippen molar-refractivity contribution >= 4 is 16.6 Å². The quantitative estimate of drug-likeness (QED) is 0.474. The Morgan fingerprint density at radius 2 is 2.15 bits per heavy atom. The zero-order chi connectivity index (χ0) is 23.1. The van der Waals surface area contributed by atoms with Gasteiger partial charge in [0.15, 0.2) is 5.82 Å². The van der Waals surface area contributed by atoms with E-state index >= 15 is 0 Å². The SMILES string of the molecule is COc1ccc2[nH]c(=O)c([C@H](c3nnnn3C[C@@H]3CCCO3)N3CCc4ccccc43)cc2c1. The van der Waals surface area contributed by atoms with Crippen molar-refractivity contribution in [3.63, 3.8) is 0 Å². The number of nitrogens with zero attached hydrogens (tertiary/aromatic N) is 5. The number of para-hydroxylation sites is 1. The Kier molecular flexibility index (Phi) is 5.26. The van der Waals surface area contributed by atoms with Gasteiger partial charge in [-0.15, -0.1) is 5.10 Å². The number of aromatic amines is 1. The lowest BCUT2D eigenvalue weighted by Gasteiger charge is -2.29. The third-order valence-corrected chi connectivity index (χ3v) is 6.81. The van der Waals surface area contributed by atoms with Crippen molar-refractivity contribution in [2.24, 2.45) is 0 Å². The summed E-state index contributed by atoms with van der Waals surface area (Å²) in [7, 11) is 1.64. The molecule has 2 aliphatic rings. The van der Waals surface area contributed by atoms with Gasteiger partial charge in [-0.3, -0.25) is 4.79 Å². The Hall–Kier alpha value is -3.72. The highest BCUT2D eigenvalue weighted by Crippen LogP contribution is 2.37. The van der Waals surface area contributed by atoms with Gasteiger partial charge in [-0.2, -0.15) is 0 Å². The van der Waals surface area contributed by atoms with Crippen LogP contribution in [0.1, 0.15) is 35.8 Å². The van der Waals surface area contributed by atoms with Crippen LogP contribution in [0.5, 0.6) is 5.75 Å². The Labute approximate surface area is 196 Å². The number of H-pyrrole nitrogens is 1. The predicted octanol–water partition coefficient (Wildman–Crippen LogP) is 2.85. The number of rotatable bonds is 6. The van der Waals surface area contributed by atoms with Crippen molar-refractivity contribution in [2.75, 3.05) is 25.2 Å². The van der Waals surface area contributed by atoms with E-state index in [0.717, 1.165) is 54.8 Å². The third kappa shape index (κ3) is 3.62. The van der Waals surface area contributed by atoms with Gasteiger partial charge in [-0.1, -0.05) is 18.2 Å². The lowest BCUT2D eigenvalue weighted by atomic mass is 10.0. The molecule has 0 unspecified atom stereocenters. The summed E-state index contributed by atoms with van der Waals surface area (Å²) in [5.74, 6) is 1.37. The number of fused-ring (bicyclic) bond motifs is 2. The van der Waals surface area contributed by atoms with Gasteiger partial charge < -0.3 is 19.4 Å². The summed E-state index contributed by atoms with van der Waals surface area (Å²) in [6, 6.07) is 15.4. The van der Waals surface area contributed by atoms with Crippen molar-refractivity contribution in [1.82, 2.24) is 25.2 Å². The first-order valence-corrected chi connectivity index (χ1v) is 11.6. The maximum absolute atomic E-state index is 13.4. The van der Waals surface area contributed by atoms with Crippen LogP contribution in [0.2, 0.25) is 0 Å². The molecule has 1 fully saturated rings. The van der Waals surface area contributed by atoms with Gasteiger partial charge in [0.25, 0.3) is 5.56 Å². The second-order valence-corrected chi connectivity index (χ2v) is 8.84. The van der Waals surface area contributed by atoms with Crippen molar-refractivity contribution in [1.29, 1.82) is 0 Å². The molecule has 2 aliphatic heterocycles. The molecule has 0 amide bonds. The van der Waals surface area contributed by atoms with Crippen molar-refractivity contribution in [3.8, 4) is 5.75 Å². The van der Waals surface area contributed by atoms with E-state index in [2.05, 4.69) is 37.5 Å². The molecule has 1 N–H and O–H groups in total. The van der Waals surface area contributed by atoms with E-state index in [0.29, 0.717) is 17.9 Å². The van der Waals surface area contributed by atoms with E-state index in [4.69, 9.17) is 9.47 Å². The van der Waals surface area contributed by atoms with Gasteiger partial charge >= 0.3 is 0 Å². The van der Waals surface area contributed by atoms with Gasteiger partial charge in [0.2, 0.25) is 0 Å². The molecule has 34 heavy (non-hydrogen) atoms. The highest BCUT2D eigenvalue weighted by molar-refractivity contribution is 5.81. The summed E-state index contributed by atoms with van der Waals surface area (Å²) in [6.45, 7) is 2.09. The normalized spacial score (nSPS) is 18.4. The van der Waals surface area contributed by atoms with Gasteiger partial charge in [-0.05, 0) is 65.6 Å². The maximum atomic E-state index is 13.4. The molecule has 0 aliphatic carbocycles. The van der Waals surface area contributed by atoms with E-state index in [1.54, 1.807) is 11.8 Å². The molecule has 9 nitrogen and oxygen atoms in total. The molecule has 2 aromatic carbocycles. The van der Waals surface area contributed by atoms with Crippen LogP contribution >= 0.6 is 0 Å².